The molecular weight excluding hydrogens is 492 g/mol. The maximum Gasteiger partial charge on any atom is 0.305 e. The lowest BCUT2D eigenvalue weighted by Gasteiger charge is -2.18. The Morgan fingerprint density at radius 3 is 2.70 bits per heavy atom. The third kappa shape index (κ3) is 8.14. The minimum absolute atomic E-state index is 0.146. The van der Waals surface area contributed by atoms with Crippen molar-refractivity contribution in [2.24, 2.45) is 0 Å². The number of thiocarbonyl (C=S) groups is 1. The van der Waals surface area contributed by atoms with E-state index in [9.17, 15) is 4.79 Å². The Bertz CT molecular complexity index is 845. The molecule has 0 bridgehead atoms. The number of ether oxygens (including phenoxy) is 1. The number of hydrogen-bond donors (Lipinski definition) is 3. The first-order valence-corrected chi connectivity index (χ1v) is 11.2. The lowest BCUT2D eigenvalue weighted by Crippen LogP contribution is -2.47. The van der Waals surface area contributed by atoms with Crippen molar-refractivity contribution in [2.75, 3.05) is 26.2 Å². The summed E-state index contributed by atoms with van der Waals surface area (Å²) in [5.41, 5.74) is 5.18. The predicted octanol–water partition coefficient (Wildman–Crippen LogP) is 4.12. The van der Waals surface area contributed by atoms with Crippen molar-refractivity contribution in [1.29, 1.82) is 0 Å². The smallest absolute Gasteiger partial charge is 0.305 e. The van der Waals surface area contributed by atoms with Gasteiger partial charge in [-0.1, -0.05) is 41.4 Å². The fourth-order valence-corrected chi connectivity index (χ4v) is 3.46. The lowest BCUT2D eigenvalue weighted by molar-refractivity contribution is 0.0911. The number of rotatable bonds is 10. The maximum atomic E-state index is 12.2. The Hall–Kier alpha value is -1.81. The summed E-state index contributed by atoms with van der Waals surface area (Å²) in [6.45, 7) is 8.20. The topological polar surface area (TPSA) is 78.8 Å². The van der Waals surface area contributed by atoms with Crippen molar-refractivity contribution in [3.05, 3.63) is 51.3 Å². The first kappa shape index (κ1) is 24.5. The second-order valence-corrected chi connectivity index (χ2v) is 8.08. The van der Waals surface area contributed by atoms with E-state index < -0.39 is 5.91 Å². The molecule has 0 aliphatic rings. The number of nitrogens with zero attached hydrogens (tertiary/aromatic N) is 1. The van der Waals surface area contributed by atoms with Crippen LogP contribution in [0.1, 0.15) is 36.6 Å². The minimum atomic E-state index is -0.435. The van der Waals surface area contributed by atoms with Gasteiger partial charge in [-0.2, -0.15) is 0 Å². The summed E-state index contributed by atoms with van der Waals surface area (Å²) in [5.74, 6) is 0.736. The summed E-state index contributed by atoms with van der Waals surface area (Å²) in [7, 11) is 0. The molecule has 0 fully saturated rings. The molecule has 0 saturated carbocycles. The number of nitrogens with one attached hydrogen (secondary N) is 3. The van der Waals surface area contributed by atoms with Gasteiger partial charge >= 0.3 is 5.91 Å². The third-order valence-corrected chi connectivity index (χ3v) is 5.30. The molecule has 2 aromatic rings. The fraction of sp³-hybridized carbons (Fsp3) is 0.400. The number of hydrogen-bond acceptors (Lipinski definition) is 5. The summed E-state index contributed by atoms with van der Waals surface area (Å²) < 4.78 is 12.0. The Morgan fingerprint density at radius 2 is 2.00 bits per heavy atom. The van der Waals surface area contributed by atoms with Gasteiger partial charge in [0.2, 0.25) is 0 Å². The van der Waals surface area contributed by atoms with Gasteiger partial charge in [-0.15, -0.1) is 0 Å². The molecule has 10 heteroatoms. The quantitative estimate of drug-likeness (QED) is 0.249. The average molecular weight is 518 g/mol. The van der Waals surface area contributed by atoms with Gasteiger partial charge < -0.3 is 19.4 Å². The van der Waals surface area contributed by atoms with E-state index in [1.165, 1.54) is 0 Å². The highest BCUT2D eigenvalue weighted by Crippen LogP contribution is 2.28. The summed E-state index contributed by atoms with van der Waals surface area (Å²) in [5, 5.41) is 3.89. The Balaban J connectivity index is 1.71. The highest BCUT2D eigenvalue weighted by Gasteiger charge is 2.12. The van der Waals surface area contributed by atoms with Crippen LogP contribution < -0.4 is 20.9 Å². The zero-order valence-corrected chi connectivity index (χ0v) is 20.1. The normalized spacial score (nSPS) is 10.7. The summed E-state index contributed by atoms with van der Waals surface area (Å²) in [4.78, 5) is 14.5. The second kappa shape index (κ2) is 12.8. The van der Waals surface area contributed by atoms with E-state index in [0.717, 1.165) is 37.1 Å². The molecule has 0 aliphatic carbocycles. The molecule has 7 nitrogen and oxygen atoms in total. The molecule has 0 unspecified atom stereocenters. The van der Waals surface area contributed by atoms with E-state index >= 15 is 0 Å². The molecule has 2 rings (SSSR count). The number of carbonyl (C=O) groups is 1. The molecule has 1 heterocycles. The van der Waals surface area contributed by atoms with Gasteiger partial charge in [0.05, 0.1) is 5.02 Å². The molecule has 1 aromatic carbocycles. The summed E-state index contributed by atoms with van der Waals surface area (Å²) in [6.07, 6.45) is 0.960. The zero-order chi connectivity index (χ0) is 21.9. The van der Waals surface area contributed by atoms with E-state index in [2.05, 4.69) is 50.8 Å². The van der Waals surface area contributed by atoms with E-state index in [-0.39, 0.29) is 12.4 Å². The van der Waals surface area contributed by atoms with Crippen molar-refractivity contribution in [1.82, 2.24) is 21.1 Å². The largest absolute Gasteiger partial charge is 0.484 e. The molecule has 30 heavy (non-hydrogen) atoms. The zero-order valence-electron chi connectivity index (χ0n) is 17.0. The molecule has 1 aromatic heterocycles. The number of hydrazine groups is 1. The van der Waals surface area contributed by atoms with E-state index in [4.69, 9.17) is 33.0 Å². The first-order valence-electron chi connectivity index (χ1n) is 9.66. The standard InChI is InChI=1S/C20H26BrClN4O3S/c1-3-26(4-2)11-5-10-23-20(30)25-24-19(27)18-9-7-15(29-18)13-28-17-8-6-14(21)12-16(17)22/h6-9,12H,3-5,10-11,13H2,1-2H3,(H,24,27)(H2,23,25,30). The molecular formula is C20H26BrClN4O3S. The van der Waals surface area contributed by atoms with Gasteiger partial charge in [0, 0.05) is 11.0 Å². The average Bonchev–Trinajstić information content (AvgIpc) is 3.20. The number of halogens is 2. The predicted molar refractivity (Wildman–Crippen MR) is 126 cm³/mol. The SMILES string of the molecule is CCN(CC)CCCNC(=S)NNC(=O)c1ccc(COc2ccc(Br)cc2Cl)o1. The number of furan rings is 1. The molecule has 1 amide bonds. The van der Waals surface area contributed by atoms with Crippen LogP contribution in [-0.4, -0.2) is 42.1 Å². The van der Waals surface area contributed by atoms with Crippen LogP contribution in [-0.2, 0) is 6.61 Å². The van der Waals surface area contributed by atoms with Crippen LogP contribution in [0.25, 0.3) is 0 Å². The van der Waals surface area contributed by atoms with Crippen molar-refractivity contribution >= 4 is 50.8 Å². The van der Waals surface area contributed by atoms with Crippen LogP contribution >= 0.6 is 39.7 Å². The van der Waals surface area contributed by atoms with E-state index in [0.29, 0.717) is 21.6 Å². The van der Waals surface area contributed by atoms with Gasteiger partial charge in [-0.25, -0.2) is 0 Å². The van der Waals surface area contributed by atoms with Crippen molar-refractivity contribution in [2.45, 2.75) is 26.9 Å². The van der Waals surface area contributed by atoms with Gasteiger partial charge in [0.1, 0.15) is 18.1 Å². The summed E-state index contributed by atoms with van der Waals surface area (Å²) >= 11 is 14.6. The van der Waals surface area contributed by atoms with Crippen LogP contribution in [0, 0.1) is 0 Å². The first-order chi connectivity index (χ1) is 14.4. The number of amides is 1. The number of benzene rings is 1. The van der Waals surface area contributed by atoms with Crippen molar-refractivity contribution < 1.29 is 13.9 Å². The van der Waals surface area contributed by atoms with E-state index in [1.54, 1.807) is 24.3 Å². The highest BCUT2D eigenvalue weighted by atomic mass is 79.9. The van der Waals surface area contributed by atoms with Crippen LogP contribution in [0.3, 0.4) is 0 Å². The number of carbonyl (C=O) groups excluding carboxylic acids is 1. The monoisotopic (exact) mass is 516 g/mol. The Kier molecular flexibility index (Phi) is 10.4. The van der Waals surface area contributed by atoms with Crippen LogP contribution in [0.2, 0.25) is 5.02 Å². The molecule has 0 radical (unpaired) electrons. The molecule has 164 valence electrons. The van der Waals surface area contributed by atoms with Crippen LogP contribution in [0.4, 0.5) is 0 Å². The molecule has 0 saturated heterocycles. The molecule has 3 N–H and O–H groups in total. The Labute approximate surface area is 195 Å². The molecule has 0 spiro atoms. The summed E-state index contributed by atoms with van der Waals surface area (Å²) in [6, 6.07) is 8.56. The minimum Gasteiger partial charge on any atom is -0.484 e. The lowest BCUT2D eigenvalue weighted by atomic mass is 10.3. The Morgan fingerprint density at radius 1 is 1.23 bits per heavy atom. The van der Waals surface area contributed by atoms with Gasteiger partial charge in [-0.05, 0) is 68.6 Å². The second-order valence-electron chi connectivity index (χ2n) is 6.34. The van der Waals surface area contributed by atoms with Gasteiger partial charge in [0.25, 0.3) is 0 Å². The molecule has 0 aliphatic heterocycles. The van der Waals surface area contributed by atoms with Crippen LogP contribution in [0.5, 0.6) is 5.75 Å². The molecule has 0 atom stereocenters. The third-order valence-electron chi connectivity index (χ3n) is 4.27. The highest BCUT2D eigenvalue weighted by molar-refractivity contribution is 9.10. The van der Waals surface area contributed by atoms with Crippen LogP contribution in [0.15, 0.2) is 39.2 Å². The fourth-order valence-electron chi connectivity index (χ4n) is 2.58. The van der Waals surface area contributed by atoms with E-state index in [1.807, 2.05) is 6.07 Å². The van der Waals surface area contributed by atoms with Gasteiger partial charge in [0.15, 0.2) is 10.9 Å². The van der Waals surface area contributed by atoms with Gasteiger partial charge in [-0.3, -0.25) is 15.6 Å². The maximum absolute atomic E-state index is 12.2. The van der Waals surface area contributed by atoms with Crippen molar-refractivity contribution in [3.63, 3.8) is 0 Å². The van der Waals surface area contributed by atoms with Crippen molar-refractivity contribution in [3.8, 4) is 5.75 Å².